The van der Waals surface area contributed by atoms with Crippen LogP contribution in [0.3, 0.4) is 0 Å². The van der Waals surface area contributed by atoms with E-state index in [1.165, 1.54) is 30.4 Å². The van der Waals surface area contributed by atoms with Gasteiger partial charge in [-0.15, -0.1) is 0 Å². The van der Waals surface area contributed by atoms with Crippen molar-refractivity contribution in [3.63, 3.8) is 0 Å². The van der Waals surface area contributed by atoms with Crippen LogP contribution in [0.5, 0.6) is 0 Å². The first-order valence-electron chi connectivity index (χ1n) is 10.00. The average Bonchev–Trinajstić information content (AvgIpc) is 2.60. The smallest absolute Gasteiger partial charge is 0.306 e. The summed E-state index contributed by atoms with van der Waals surface area (Å²) in [7, 11) is 0. The summed E-state index contributed by atoms with van der Waals surface area (Å²) in [4.78, 5) is 12.1. The molecule has 0 spiro atoms. The van der Waals surface area contributed by atoms with E-state index in [9.17, 15) is 9.90 Å². The van der Waals surface area contributed by atoms with Crippen LogP contribution in [0.25, 0.3) is 0 Å². The van der Waals surface area contributed by atoms with Crippen LogP contribution in [0.15, 0.2) is 42.0 Å². The maximum Gasteiger partial charge on any atom is 0.306 e. The number of carboxylic acids is 1. The van der Waals surface area contributed by atoms with Crippen molar-refractivity contribution in [2.24, 2.45) is 29.6 Å². The van der Waals surface area contributed by atoms with Crippen molar-refractivity contribution in [3.8, 4) is 0 Å². The molecule has 0 radical (unpaired) electrons. The van der Waals surface area contributed by atoms with Crippen LogP contribution < -0.4 is 0 Å². The molecule has 1 aromatic carbocycles. The minimum Gasteiger partial charge on any atom is -0.481 e. The predicted molar refractivity (Wildman–Crippen MR) is 102 cm³/mol. The van der Waals surface area contributed by atoms with E-state index >= 15 is 0 Å². The molecule has 2 nitrogen and oxygen atoms in total. The zero-order valence-electron chi connectivity index (χ0n) is 15.7. The summed E-state index contributed by atoms with van der Waals surface area (Å²) in [5, 5.41) is 9.92. The van der Waals surface area contributed by atoms with Gasteiger partial charge in [-0.3, -0.25) is 4.79 Å². The van der Waals surface area contributed by atoms with Crippen LogP contribution in [-0.4, -0.2) is 11.1 Å². The zero-order chi connectivity index (χ0) is 17.8. The monoisotopic (exact) mass is 340 g/mol. The lowest BCUT2D eigenvalue weighted by atomic mass is 9.59. The molecule has 25 heavy (non-hydrogen) atoms. The van der Waals surface area contributed by atoms with E-state index in [1.54, 1.807) is 0 Å². The quantitative estimate of drug-likeness (QED) is 0.672. The normalized spacial score (nSPS) is 30.2. The largest absolute Gasteiger partial charge is 0.481 e. The Morgan fingerprint density at radius 2 is 1.96 bits per heavy atom. The summed E-state index contributed by atoms with van der Waals surface area (Å²) in [5.74, 6) is 1.47. The molecule has 1 fully saturated rings. The van der Waals surface area contributed by atoms with Gasteiger partial charge in [0.1, 0.15) is 0 Å². The fourth-order valence-corrected chi connectivity index (χ4v) is 5.25. The summed E-state index contributed by atoms with van der Waals surface area (Å²) in [6.45, 7) is 4.59. The van der Waals surface area contributed by atoms with Gasteiger partial charge >= 0.3 is 5.97 Å². The Morgan fingerprint density at radius 3 is 2.68 bits per heavy atom. The molecule has 0 heterocycles. The minimum absolute atomic E-state index is 0.189. The highest BCUT2D eigenvalue weighted by molar-refractivity contribution is 5.70. The standard InChI is InChI=1S/C23H32O2/c1-16-11-13-19-17(2)12-14-20(22(19)15-16)21(23(24)25)10-6-9-18-7-4-3-5-8-18/h3-5,7-8,15,17,19-22H,6,9-14H2,1-2H3,(H,24,25)/t17-,19+,20+,21?,22+/m1/s1. The Kier molecular flexibility index (Phi) is 5.98. The molecule has 0 bridgehead atoms. The molecular formula is C23H32O2. The third-order valence-electron chi connectivity index (χ3n) is 6.68. The summed E-state index contributed by atoms with van der Waals surface area (Å²) >= 11 is 0. The Bertz CT molecular complexity index is 604. The van der Waals surface area contributed by atoms with Gasteiger partial charge in [0.2, 0.25) is 0 Å². The van der Waals surface area contributed by atoms with E-state index in [1.807, 2.05) is 6.07 Å². The molecule has 3 rings (SSSR count). The molecule has 0 aliphatic heterocycles. The van der Waals surface area contributed by atoms with E-state index < -0.39 is 5.97 Å². The number of carbonyl (C=O) groups is 1. The summed E-state index contributed by atoms with van der Waals surface area (Å²) in [6, 6.07) is 10.4. The Balaban J connectivity index is 1.68. The summed E-state index contributed by atoms with van der Waals surface area (Å²) < 4.78 is 0. The number of benzene rings is 1. The molecule has 1 aromatic rings. The number of fused-ring (bicyclic) bond motifs is 1. The van der Waals surface area contributed by atoms with E-state index in [4.69, 9.17) is 0 Å². The topological polar surface area (TPSA) is 37.3 Å². The second-order valence-electron chi connectivity index (χ2n) is 8.33. The van der Waals surface area contributed by atoms with E-state index in [0.717, 1.165) is 31.6 Å². The lowest BCUT2D eigenvalue weighted by Gasteiger charge is -2.45. The molecule has 0 amide bonds. The second-order valence-corrected chi connectivity index (χ2v) is 8.33. The number of aliphatic carboxylic acids is 1. The number of carboxylic acid groups (broad SMARTS) is 1. The summed E-state index contributed by atoms with van der Waals surface area (Å²) in [6.07, 6.45) is 9.91. The number of allylic oxidation sites excluding steroid dienone is 2. The van der Waals surface area contributed by atoms with Crippen molar-refractivity contribution < 1.29 is 9.90 Å². The van der Waals surface area contributed by atoms with Crippen LogP contribution >= 0.6 is 0 Å². The Hall–Kier alpha value is -1.57. The molecule has 1 N–H and O–H groups in total. The summed E-state index contributed by atoms with van der Waals surface area (Å²) in [5.41, 5.74) is 2.78. The first-order valence-corrected chi connectivity index (χ1v) is 10.00. The second kappa shape index (κ2) is 8.21. The molecule has 2 heteroatoms. The van der Waals surface area contributed by atoms with Crippen molar-refractivity contribution in [2.75, 3.05) is 0 Å². The average molecular weight is 341 g/mol. The lowest BCUT2D eigenvalue weighted by Crippen LogP contribution is -2.40. The minimum atomic E-state index is -0.581. The Morgan fingerprint density at radius 1 is 1.20 bits per heavy atom. The van der Waals surface area contributed by atoms with Crippen molar-refractivity contribution in [2.45, 2.75) is 58.8 Å². The van der Waals surface area contributed by atoms with Crippen molar-refractivity contribution in [1.29, 1.82) is 0 Å². The first kappa shape index (κ1) is 18.2. The molecule has 2 aliphatic carbocycles. The Labute approximate surface area is 152 Å². The maximum atomic E-state index is 12.1. The van der Waals surface area contributed by atoms with Gasteiger partial charge in [0, 0.05) is 0 Å². The highest BCUT2D eigenvalue weighted by Crippen LogP contribution is 2.48. The maximum absolute atomic E-state index is 12.1. The van der Waals surface area contributed by atoms with Gasteiger partial charge in [-0.1, -0.05) is 55.3 Å². The van der Waals surface area contributed by atoms with Crippen LogP contribution in [0.4, 0.5) is 0 Å². The zero-order valence-corrected chi connectivity index (χ0v) is 15.7. The molecule has 5 atom stereocenters. The highest BCUT2D eigenvalue weighted by Gasteiger charge is 2.42. The van der Waals surface area contributed by atoms with Crippen molar-refractivity contribution >= 4 is 5.97 Å². The SMILES string of the molecule is CC1=C[C@H]2[C@@H](CC1)[C@H](C)CC[C@H]2C(CCCc1ccccc1)C(=O)O. The third-order valence-corrected chi connectivity index (χ3v) is 6.68. The van der Waals surface area contributed by atoms with Crippen LogP contribution in [0.2, 0.25) is 0 Å². The molecule has 0 saturated heterocycles. The van der Waals surface area contributed by atoms with Gasteiger partial charge in [-0.2, -0.15) is 0 Å². The number of rotatable bonds is 6. The lowest BCUT2D eigenvalue weighted by molar-refractivity contribution is -0.146. The first-order chi connectivity index (χ1) is 12.1. The van der Waals surface area contributed by atoms with Gasteiger partial charge in [0.15, 0.2) is 0 Å². The van der Waals surface area contributed by atoms with E-state index in [2.05, 4.69) is 44.2 Å². The molecule has 136 valence electrons. The van der Waals surface area contributed by atoms with Gasteiger partial charge in [-0.25, -0.2) is 0 Å². The van der Waals surface area contributed by atoms with Gasteiger partial charge in [0.05, 0.1) is 5.92 Å². The third kappa shape index (κ3) is 4.34. The number of hydrogen-bond acceptors (Lipinski definition) is 1. The van der Waals surface area contributed by atoms with Crippen molar-refractivity contribution in [1.82, 2.24) is 0 Å². The molecular weight excluding hydrogens is 308 g/mol. The highest BCUT2D eigenvalue weighted by atomic mass is 16.4. The van der Waals surface area contributed by atoms with Crippen molar-refractivity contribution in [3.05, 3.63) is 47.5 Å². The fraction of sp³-hybridized carbons (Fsp3) is 0.609. The predicted octanol–water partition coefficient (Wildman–Crippen LogP) is 5.73. The molecule has 1 unspecified atom stereocenters. The molecule has 1 saturated carbocycles. The van der Waals surface area contributed by atoms with E-state index in [0.29, 0.717) is 17.8 Å². The van der Waals surface area contributed by atoms with Crippen LogP contribution in [-0.2, 0) is 11.2 Å². The van der Waals surface area contributed by atoms with Gasteiger partial charge < -0.3 is 5.11 Å². The number of hydrogen-bond donors (Lipinski definition) is 1. The van der Waals surface area contributed by atoms with Crippen LogP contribution in [0.1, 0.15) is 57.9 Å². The van der Waals surface area contributed by atoms with E-state index in [-0.39, 0.29) is 5.92 Å². The van der Waals surface area contributed by atoms with Crippen LogP contribution in [0, 0.1) is 29.6 Å². The fourth-order valence-electron chi connectivity index (χ4n) is 5.25. The number of aryl methyl sites for hydroxylation is 1. The molecule has 0 aromatic heterocycles. The molecule has 2 aliphatic rings. The van der Waals surface area contributed by atoms with Gasteiger partial charge in [0.25, 0.3) is 0 Å². The van der Waals surface area contributed by atoms with Gasteiger partial charge in [-0.05, 0) is 74.7 Å².